The van der Waals surface area contributed by atoms with Gasteiger partial charge in [0, 0.05) is 19.0 Å². The van der Waals surface area contributed by atoms with Gasteiger partial charge in [-0.2, -0.15) is 0 Å². The van der Waals surface area contributed by atoms with Crippen molar-refractivity contribution in [2.75, 3.05) is 13.1 Å². The SMILES string of the molecule is CC[C@H](C)N(CC(=O)N(CCc1ccccc1)Cc1ccc(C)o1)C(=O)CC(C)(C)C. The van der Waals surface area contributed by atoms with E-state index in [9.17, 15) is 9.59 Å². The van der Waals surface area contributed by atoms with Crippen LogP contribution in [0, 0.1) is 12.3 Å². The first-order valence-corrected chi connectivity index (χ1v) is 11.3. The number of hydrogen-bond acceptors (Lipinski definition) is 3. The number of nitrogens with zero attached hydrogens (tertiary/aromatic N) is 2. The second kappa shape index (κ2) is 11.2. The Labute approximate surface area is 187 Å². The standard InChI is InChI=1S/C26H38N2O3/c1-7-20(2)28(24(29)17-26(4,5)6)19-25(30)27(18-23-14-13-21(3)31-23)16-15-22-11-9-8-10-12-22/h8-14,20H,7,15-19H2,1-6H3/t20-/m0/s1. The largest absolute Gasteiger partial charge is 0.464 e. The Kier molecular flexibility index (Phi) is 8.90. The van der Waals surface area contributed by atoms with Crippen LogP contribution in [0.15, 0.2) is 46.9 Å². The van der Waals surface area contributed by atoms with Crippen molar-refractivity contribution in [3.63, 3.8) is 0 Å². The van der Waals surface area contributed by atoms with E-state index in [0.717, 1.165) is 24.4 Å². The molecule has 31 heavy (non-hydrogen) atoms. The Morgan fingerprint density at radius 1 is 1.03 bits per heavy atom. The lowest BCUT2D eigenvalue weighted by Gasteiger charge is -2.33. The highest BCUT2D eigenvalue weighted by atomic mass is 16.3. The second-order valence-corrected chi connectivity index (χ2v) is 9.58. The molecule has 0 bridgehead atoms. The van der Waals surface area contributed by atoms with Crippen molar-refractivity contribution in [1.29, 1.82) is 0 Å². The summed E-state index contributed by atoms with van der Waals surface area (Å²) in [5, 5.41) is 0. The molecule has 0 fully saturated rings. The quantitative estimate of drug-likeness (QED) is 0.523. The third kappa shape index (κ3) is 8.23. The van der Waals surface area contributed by atoms with Gasteiger partial charge in [0.15, 0.2) is 0 Å². The van der Waals surface area contributed by atoms with Crippen molar-refractivity contribution in [1.82, 2.24) is 9.80 Å². The zero-order valence-corrected chi connectivity index (χ0v) is 20.0. The first-order chi connectivity index (χ1) is 14.6. The van der Waals surface area contributed by atoms with Crippen LogP contribution in [0.25, 0.3) is 0 Å². The molecule has 0 unspecified atom stereocenters. The Bertz CT molecular complexity index is 836. The number of benzene rings is 1. The van der Waals surface area contributed by atoms with E-state index in [1.165, 1.54) is 5.56 Å². The summed E-state index contributed by atoms with van der Waals surface area (Å²) in [5.74, 6) is 1.57. The van der Waals surface area contributed by atoms with Gasteiger partial charge >= 0.3 is 0 Å². The number of aryl methyl sites for hydroxylation is 1. The van der Waals surface area contributed by atoms with Crippen LogP contribution in [-0.4, -0.2) is 40.7 Å². The maximum Gasteiger partial charge on any atom is 0.242 e. The molecule has 0 aliphatic carbocycles. The van der Waals surface area contributed by atoms with Gasteiger partial charge in [-0.1, -0.05) is 58.0 Å². The summed E-state index contributed by atoms with van der Waals surface area (Å²) in [6.07, 6.45) is 1.99. The number of furan rings is 1. The van der Waals surface area contributed by atoms with Crippen LogP contribution in [0.1, 0.15) is 64.5 Å². The van der Waals surface area contributed by atoms with Crippen LogP contribution in [0.5, 0.6) is 0 Å². The number of carbonyl (C=O) groups is 2. The Morgan fingerprint density at radius 2 is 1.71 bits per heavy atom. The van der Waals surface area contributed by atoms with E-state index in [-0.39, 0.29) is 29.8 Å². The van der Waals surface area contributed by atoms with Crippen LogP contribution in [0.2, 0.25) is 0 Å². The fourth-order valence-corrected chi connectivity index (χ4v) is 3.47. The number of rotatable bonds is 10. The van der Waals surface area contributed by atoms with E-state index in [2.05, 4.69) is 12.1 Å². The second-order valence-electron chi connectivity index (χ2n) is 9.58. The van der Waals surface area contributed by atoms with Crippen LogP contribution in [-0.2, 0) is 22.6 Å². The predicted molar refractivity (Wildman–Crippen MR) is 125 cm³/mol. The van der Waals surface area contributed by atoms with Gasteiger partial charge in [0.1, 0.15) is 18.1 Å². The van der Waals surface area contributed by atoms with Crippen molar-refractivity contribution >= 4 is 11.8 Å². The molecule has 2 rings (SSSR count). The average Bonchev–Trinajstić information content (AvgIpc) is 3.12. The van der Waals surface area contributed by atoms with Gasteiger partial charge in [0.05, 0.1) is 6.54 Å². The Hall–Kier alpha value is -2.56. The monoisotopic (exact) mass is 426 g/mol. The van der Waals surface area contributed by atoms with Crippen molar-refractivity contribution in [2.45, 2.75) is 73.4 Å². The third-order valence-electron chi connectivity index (χ3n) is 5.44. The number of hydrogen-bond donors (Lipinski definition) is 0. The Morgan fingerprint density at radius 3 is 2.26 bits per heavy atom. The predicted octanol–water partition coefficient (Wildman–Crippen LogP) is 5.22. The van der Waals surface area contributed by atoms with Gasteiger partial charge in [-0.3, -0.25) is 9.59 Å². The van der Waals surface area contributed by atoms with Crippen LogP contribution < -0.4 is 0 Å². The lowest BCUT2D eigenvalue weighted by Crippen LogP contribution is -2.47. The molecule has 0 N–H and O–H groups in total. The van der Waals surface area contributed by atoms with E-state index in [4.69, 9.17) is 4.42 Å². The van der Waals surface area contributed by atoms with E-state index >= 15 is 0 Å². The molecule has 2 aromatic rings. The van der Waals surface area contributed by atoms with Crippen molar-refractivity contribution < 1.29 is 14.0 Å². The maximum absolute atomic E-state index is 13.4. The minimum absolute atomic E-state index is 0.0145. The molecule has 0 saturated carbocycles. The number of amides is 2. The van der Waals surface area contributed by atoms with Gasteiger partial charge in [-0.25, -0.2) is 0 Å². The van der Waals surface area contributed by atoms with E-state index in [0.29, 0.717) is 19.5 Å². The fourth-order valence-electron chi connectivity index (χ4n) is 3.47. The van der Waals surface area contributed by atoms with Crippen LogP contribution in [0.4, 0.5) is 0 Å². The molecule has 0 saturated heterocycles. The first kappa shape index (κ1) is 24.7. The zero-order valence-electron chi connectivity index (χ0n) is 20.0. The fraction of sp³-hybridized carbons (Fsp3) is 0.538. The molecule has 0 aliphatic rings. The first-order valence-electron chi connectivity index (χ1n) is 11.3. The summed E-state index contributed by atoms with van der Waals surface area (Å²) in [6.45, 7) is 13.2. The summed E-state index contributed by atoms with van der Waals surface area (Å²) < 4.78 is 5.73. The Balaban J connectivity index is 2.16. The molecule has 1 aromatic carbocycles. The van der Waals surface area contributed by atoms with Gasteiger partial charge in [-0.05, 0) is 49.8 Å². The molecule has 0 radical (unpaired) electrons. The number of carbonyl (C=O) groups excluding carboxylic acids is 2. The van der Waals surface area contributed by atoms with E-state index in [1.807, 2.05) is 76.8 Å². The molecule has 0 spiro atoms. The van der Waals surface area contributed by atoms with Gasteiger partial charge in [-0.15, -0.1) is 0 Å². The molecular weight excluding hydrogens is 388 g/mol. The average molecular weight is 427 g/mol. The van der Waals surface area contributed by atoms with Gasteiger partial charge < -0.3 is 14.2 Å². The lowest BCUT2D eigenvalue weighted by molar-refractivity contribution is -0.144. The summed E-state index contributed by atoms with van der Waals surface area (Å²) in [4.78, 5) is 29.9. The van der Waals surface area contributed by atoms with Crippen molar-refractivity contribution in [3.8, 4) is 0 Å². The lowest BCUT2D eigenvalue weighted by atomic mass is 9.91. The normalized spacial score (nSPS) is 12.5. The molecule has 5 heteroatoms. The maximum atomic E-state index is 13.4. The molecule has 5 nitrogen and oxygen atoms in total. The molecular formula is C26H38N2O3. The van der Waals surface area contributed by atoms with Crippen molar-refractivity contribution in [2.24, 2.45) is 5.41 Å². The smallest absolute Gasteiger partial charge is 0.242 e. The zero-order chi connectivity index (χ0) is 23.0. The molecule has 1 atom stereocenters. The molecule has 2 amide bonds. The van der Waals surface area contributed by atoms with Crippen molar-refractivity contribution in [3.05, 3.63) is 59.5 Å². The highest BCUT2D eigenvalue weighted by Gasteiger charge is 2.28. The summed E-state index contributed by atoms with van der Waals surface area (Å²) in [5.41, 5.74) is 1.06. The highest BCUT2D eigenvalue weighted by Crippen LogP contribution is 2.21. The van der Waals surface area contributed by atoms with Crippen LogP contribution in [0.3, 0.4) is 0 Å². The topological polar surface area (TPSA) is 53.8 Å². The third-order valence-corrected chi connectivity index (χ3v) is 5.44. The molecule has 0 aliphatic heterocycles. The minimum atomic E-state index is -0.121. The molecule has 170 valence electrons. The summed E-state index contributed by atoms with van der Waals surface area (Å²) in [6, 6.07) is 14.0. The van der Waals surface area contributed by atoms with Gasteiger partial charge in [0.25, 0.3) is 0 Å². The summed E-state index contributed by atoms with van der Waals surface area (Å²) >= 11 is 0. The molecule has 1 heterocycles. The minimum Gasteiger partial charge on any atom is -0.464 e. The van der Waals surface area contributed by atoms with E-state index in [1.54, 1.807) is 4.90 Å². The summed E-state index contributed by atoms with van der Waals surface area (Å²) in [7, 11) is 0. The van der Waals surface area contributed by atoms with E-state index < -0.39 is 0 Å². The highest BCUT2D eigenvalue weighted by molar-refractivity contribution is 5.85. The molecule has 1 aromatic heterocycles. The van der Waals surface area contributed by atoms with Crippen LogP contribution >= 0.6 is 0 Å². The van der Waals surface area contributed by atoms with Gasteiger partial charge in [0.2, 0.25) is 11.8 Å².